The number of unbranched alkanes of at least 4 members (excludes halogenated alkanes) is 5. The minimum atomic E-state index is -4.34. The Morgan fingerprint density at radius 2 is 1.63 bits per heavy atom. The number of hydrogen-bond donors (Lipinski definition) is 1. The topological polar surface area (TPSA) is 86.7 Å². The molecule has 2 rings (SSSR count). The molecule has 142 valence electrons. The van der Waals surface area contributed by atoms with Crippen molar-refractivity contribution in [2.24, 2.45) is 0 Å². The summed E-state index contributed by atoms with van der Waals surface area (Å²) in [6, 6.07) is 10.5. The quantitative estimate of drug-likeness (QED) is 0.362. The van der Waals surface area contributed by atoms with Gasteiger partial charge in [0.05, 0.1) is 4.90 Å². The van der Waals surface area contributed by atoms with Crippen LogP contribution in [0.3, 0.4) is 0 Å². The van der Waals surface area contributed by atoms with Crippen LogP contribution in [-0.2, 0) is 16.5 Å². The number of hydrogen-bond acceptors (Lipinski definition) is 4. The summed E-state index contributed by atoms with van der Waals surface area (Å²) in [6.07, 6.45) is 7.55. The molecule has 0 bridgehead atoms. The summed E-state index contributed by atoms with van der Waals surface area (Å²) in [7, 11) is -4.34. The van der Waals surface area contributed by atoms with E-state index in [-0.39, 0.29) is 73.5 Å². The zero-order chi connectivity index (χ0) is 19.0. The van der Waals surface area contributed by atoms with E-state index in [1.54, 1.807) is 18.2 Å². The maximum absolute atomic E-state index is 11.9. The van der Waals surface area contributed by atoms with Crippen LogP contribution in [-0.4, -0.2) is 13.0 Å². The summed E-state index contributed by atoms with van der Waals surface area (Å²) in [5, 5.41) is 11.9. The van der Waals surface area contributed by atoms with Crippen molar-refractivity contribution in [3.8, 4) is 17.2 Å². The number of para-hydroxylation sites is 2. The van der Waals surface area contributed by atoms with Gasteiger partial charge in [0.2, 0.25) is 0 Å². The molecule has 0 spiro atoms. The van der Waals surface area contributed by atoms with Crippen molar-refractivity contribution < 1.29 is 74.2 Å². The zero-order valence-electron chi connectivity index (χ0n) is 16.0. The third-order valence-corrected chi connectivity index (χ3v) is 5.05. The van der Waals surface area contributed by atoms with Gasteiger partial charge in [-0.15, -0.1) is 0 Å². The Morgan fingerprint density at radius 1 is 0.963 bits per heavy atom. The third kappa shape index (κ3) is 8.23. The first-order valence-electron chi connectivity index (χ1n) is 8.96. The molecule has 0 saturated heterocycles. The first kappa shape index (κ1) is 24.6. The summed E-state index contributed by atoms with van der Waals surface area (Å²) in [6.45, 7) is 2.17. The SMILES string of the molecule is CCCCCCCCc1ccc(S(=O)(=O)O)cc1Oc1ccccc1[O-].[K+]. The Bertz CT molecular complexity index is 821. The monoisotopic (exact) mass is 416 g/mol. The number of ether oxygens (including phenoxy) is 1. The van der Waals surface area contributed by atoms with E-state index in [0.29, 0.717) is 6.42 Å². The Kier molecular flexibility index (Phi) is 11.1. The fourth-order valence-electron chi connectivity index (χ4n) is 2.75. The molecule has 0 unspecified atom stereocenters. The van der Waals surface area contributed by atoms with Gasteiger partial charge in [0.1, 0.15) is 11.5 Å². The summed E-state index contributed by atoms with van der Waals surface area (Å²) in [4.78, 5) is -0.248. The molecular formula is C20H25KO5S. The van der Waals surface area contributed by atoms with Crippen molar-refractivity contribution in [2.45, 2.75) is 56.8 Å². The average molecular weight is 417 g/mol. The fraction of sp³-hybridized carbons (Fsp3) is 0.400. The van der Waals surface area contributed by atoms with Crippen molar-refractivity contribution in [3.05, 3.63) is 48.0 Å². The van der Waals surface area contributed by atoms with E-state index in [0.717, 1.165) is 24.8 Å². The van der Waals surface area contributed by atoms with E-state index >= 15 is 0 Å². The minimum absolute atomic E-state index is 0. The van der Waals surface area contributed by atoms with E-state index in [2.05, 4.69) is 6.92 Å². The second-order valence-corrected chi connectivity index (χ2v) is 7.73. The van der Waals surface area contributed by atoms with Crippen LogP contribution in [0.25, 0.3) is 0 Å². The Labute approximate surface area is 204 Å². The normalized spacial score (nSPS) is 11.0. The summed E-state index contributed by atoms with van der Waals surface area (Å²) >= 11 is 0. The second kappa shape index (κ2) is 12.2. The van der Waals surface area contributed by atoms with Crippen LogP contribution in [0.5, 0.6) is 17.2 Å². The average Bonchev–Trinajstić information content (AvgIpc) is 2.60. The van der Waals surface area contributed by atoms with Crippen LogP contribution in [0.15, 0.2) is 47.4 Å². The van der Waals surface area contributed by atoms with Gasteiger partial charge in [0.25, 0.3) is 10.1 Å². The molecule has 0 heterocycles. The van der Waals surface area contributed by atoms with Crippen LogP contribution >= 0.6 is 0 Å². The van der Waals surface area contributed by atoms with Gasteiger partial charge in [-0.05, 0) is 30.5 Å². The van der Waals surface area contributed by atoms with Crippen molar-refractivity contribution in [2.75, 3.05) is 0 Å². The predicted octanol–water partition coefficient (Wildman–Crippen LogP) is 1.71. The van der Waals surface area contributed by atoms with Crippen LogP contribution in [0, 0.1) is 0 Å². The molecule has 0 amide bonds. The van der Waals surface area contributed by atoms with Gasteiger partial charge < -0.3 is 9.84 Å². The van der Waals surface area contributed by atoms with Gasteiger partial charge >= 0.3 is 51.4 Å². The first-order chi connectivity index (χ1) is 12.4. The molecule has 0 aliphatic heterocycles. The van der Waals surface area contributed by atoms with Crippen molar-refractivity contribution in [3.63, 3.8) is 0 Å². The molecule has 27 heavy (non-hydrogen) atoms. The molecule has 0 aliphatic rings. The summed E-state index contributed by atoms with van der Waals surface area (Å²) in [5.74, 6) is 0.136. The Hall–Kier alpha value is -0.414. The molecule has 7 heteroatoms. The predicted molar refractivity (Wildman–Crippen MR) is 99.3 cm³/mol. The van der Waals surface area contributed by atoms with Gasteiger partial charge in [-0.1, -0.05) is 69.0 Å². The molecule has 0 fully saturated rings. The van der Waals surface area contributed by atoms with Gasteiger partial charge in [0, 0.05) is 6.07 Å². The fourth-order valence-corrected chi connectivity index (χ4v) is 3.24. The molecule has 2 aromatic carbocycles. The standard InChI is InChI=1S/C20H26O5S.K/c1-2-3-4-5-6-7-10-16-13-14-17(26(22,23)24)15-20(16)25-19-12-9-8-11-18(19)21;/h8-9,11-15,21H,2-7,10H2,1H3,(H,22,23,24);/q;+1/p-1. The smallest absolute Gasteiger partial charge is 0.870 e. The van der Waals surface area contributed by atoms with Crippen LogP contribution in [0.2, 0.25) is 0 Å². The third-order valence-electron chi connectivity index (χ3n) is 4.21. The van der Waals surface area contributed by atoms with E-state index in [4.69, 9.17) is 4.74 Å². The van der Waals surface area contributed by atoms with Gasteiger partial charge in [-0.3, -0.25) is 4.55 Å². The van der Waals surface area contributed by atoms with E-state index in [1.165, 1.54) is 43.5 Å². The van der Waals surface area contributed by atoms with Crippen molar-refractivity contribution in [1.82, 2.24) is 0 Å². The molecule has 0 atom stereocenters. The van der Waals surface area contributed by atoms with E-state index in [9.17, 15) is 18.1 Å². The maximum atomic E-state index is 11.9. The van der Waals surface area contributed by atoms with E-state index < -0.39 is 10.1 Å². The zero-order valence-corrected chi connectivity index (χ0v) is 19.9. The number of rotatable bonds is 10. The summed E-state index contributed by atoms with van der Waals surface area (Å²) < 4.78 is 37.8. The molecule has 0 aliphatic carbocycles. The molecule has 2 aromatic rings. The van der Waals surface area contributed by atoms with Crippen LogP contribution in [0.4, 0.5) is 0 Å². The Morgan fingerprint density at radius 3 is 2.30 bits per heavy atom. The van der Waals surface area contributed by atoms with Gasteiger partial charge in [-0.2, -0.15) is 8.42 Å². The van der Waals surface area contributed by atoms with Crippen LogP contribution < -0.4 is 61.2 Å². The van der Waals surface area contributed by atoms with Crippen LogP contribution in [0.1, 0.15) is 51.0 Å². The molecule has 0 aromatic heterocycles. The number of aryl methyl sites for hydroxylation is 1. The minimum Gasteiger partial charge on any atom is -0.870 e. The molecule has 0 radical (unpaired) electrons. The molecule has 1 N–H and O–H groups in total. The van der Waals surface area contributed by atoms with E-state index in [1.807, 2.05) is 0 Å². The Balaban J connectivity index is 0.00000364. The number of benzene rings is 2. The maximum Gasteiger partial charge on any atom is 1.00 e. The summed E-state index contributed by atoms with van der Waals surface area (Å²) in [5.41, 5.74) is 0.816. The van der Waals surface area contributed by atoms with Gasteiger partial charge in [-0.25, -0.2) is 0 Å². The van der Waals surface area contributed by atoms with Crippen molar-refractivity contribution in [1.29, 1.82) is 0 Å². The second-order valence-electron chi connectivity index (χ2n) is 6.31. The molecular weight excluding hydrogens is 391 g/mol. The van der Waals surface area contributed by atoms with Gasteiger partial charge in [0.15, 0.2) is 0 Å². The van der Waals surface area contributed by atoms with Crippen molar-refractivity contribution >= 4 is 10.1 Å². The molecule has 0 saturated carbocycles. The molecule has 5 nitrogen and oxygen atoms in total. The largest absolute Gasteiger partial charge is 1.00 e. The first-order valence-corrected chi connectivity index (χ1v) is 10.4.